The highest BCUT2D eigenvalue weighted by atomic mass is 16.5. The number of hydrogen-bond acceptors (Lipinski definition) is 2. The standard InChI is InChI=1S/C18H37NO/c1-6-7-13-20-14-12-18(15-19-5)10-8-16(9-11-18)17(2,3)4/h16,19H,6-15H2,1-5H3. The number of unbranched alkanes of at least 4 members (excludes halogenated alkanes) is 1. The van der Waals surface area contributed by atoms with Crippen LogP contribution in [0.15, 0.2) is 0 Å². The highest BCUT2D eigenvalue weighted by molar-refractivity contribution is 4.90. The quantitative estimate of drug-likeness (QED) is 0.655. The van der Waals surface area contributed by atoms with Crippen molar-refractivity contribution in [3.8, 4) is 0 Å². The molecule has 0 radical (unpaired) electrons. The van der Waals surface area contributed by atoms with Gasteiger partial charge >= 0.3 is 0 Å². The first kappa shape index (κ1) is 18.0. The first-order chi connectivity index (χ1) is 9.43. The Morgan fingerprint density at radius 1 is 1.15 bits per heavy atom. The van der Waals surface area contributed by atoms with Gasteiger partial charge in [-0.25, -0.2) is 0 Å². The van der Waals surface area contributed by atoms with Gasteiger partial charge in [-0.05, 0) is 62.3 Å². The Kier molecular flexibility index (Phi) is 7.53. The van der Waals surface area contributed by atoms with Crippen LogP contribution in [0.25, 0.3) is 0 Å². The minimum atomic E-state index is 0.476. The van der Waals surface area contributed by atoms with Crippen molar-refractivity contribution >= 4 is 0 Å². The molecule has 0 unspecified atom stereocenters. The lowest BCUT2D eigenvalue weighted by Gasteiger charge is -2.44. The van der Waals surface area contributed by atoms with E-state index in [1.807, 2.05) is 0 Å². The zero-order valence-corrected chi connectivity index (χ0v) is 14.6. The van der Waals surface area contributed by atoms with Gasteiger partial charge in [-0.1, -0.05) is 34.1 Å². The maximum atomic E-state index is 5.81. The molecule has 0 heterocycles. The topological polar surface area (TPSA) is 21.3 Å². The van der Waals surface area contributed by atoms with Crippen molar-refractivity contribution in [2.75, 3.05) is 26.8 Å². The fourth-order valence-corrected chi connectivity index (χ4v) is 3.62. The van der Waals surface area contributed by atoms with Crippen molar-refractivity contribution in [1.29, 1.82) is 0 Å². The largest absolute Gasteiger partial charge is 0.381 e. The molecule has 1 saturated carbocycles. The van der Waals surface area contributed by atoms with E-state index in [4.69, 9.17) is 4.74 Å². The van der Waals surface area contributed by atoms with Gasteiger partial charge in [0.1, 0.15) is 0 Å². The molecule has 0 bridgehead atoms. The van der Waals surface area contributed by atoms with Crippen molar-refractivity contribution in [3.63, 3.8) is 0 Å². The first-order valence-corrected chi connectivity index (χ1v) is 8.66. The number of hydrogen-bond donors (Lipinski definition) is 1. The molecule has 1 aliphatic rings. The molecule has 0 saturated heterocycles. The minimum absolute atomic E-state index is 0.476. The van der Waals surface area contributed by atoms with E-state index >= 15 is 0 Å². The van der Waals surface area contributed by atoms with Crippen molar-refractivity contribution in [2.24, 2.45) is 16.7 Å². The lowest BCUT2D eigenvalue weighted by atomic mass is 9.63. The average Bonchev–Trinajstić information content (AvgIpc) is 2.38. The Morgan fingerprint density at radius 3 is 2.30 bits per heavy atom. The van der Waals surface area contributed by atoms with Crippen LogP contribution in [0.2, 0.25) is 0 Å². The van der Waals surface area contributed by atoms with E-state index in [0.29, 0.717) is 10.8 Å². The van der Waals surface area contributed by atoms with E-state index in [0.717, 1.165) is 25.7 Å². The zero-order chi connectivity index (χ0) is 15.1. The predicted octanol–water partition coefficient (Wildman–Crippen LogP) is 4.64. The second kappa shape index (κ2) is 8.38. The summed E-state index contributed by atoms with van der Waals surface area (Å²) in [5, 5.41) is 3.43. The van der Waals surface area contributed by atoms with Crippen LogP contribution >= 0.6 is 0 Å². The summed E-state index contributed by atoms with van der Waals surface area (Å²) < 4.78 is 5.81. The molecular weight excluding hydrogens is 246 g/mol. The lowest BCUT2D eigenvalue weighted by molar-refractivity contribution is 0.0427. The van der Waals surface area contributed by atoms with Crippen LogP contribution in [0.1, 0.15) is 72.6 Å². The highest BCUT2D eigenvalue weighted by Gasteiger charge is 2.37. The van der Waals surface area contributed by atoms with Crippen molar-refractivity contribution in [2.45, 2.75) is 72.6 Å². The number of ether oxygens (including phenoxy) is 1. The summed E-state index contributed by atoms with van der Waals surface area (Å²) in [6, 6.07) is 0. The summed E-state index contributed by atoms with van der Waals surface area (Å²) >= 11 is 0. The molecule has 1 fully saturated rings. The maximum Gasteiger partial charge on any atom is 0.0471 e. The van der Waals surface area contributed by atoms with Gasteiger partial charge in [0.2, 0.25) is 0 Å². The third kappa shape index (κ3) is 5.73. The third-order valence-electron chi connectivity index (χ3n) is 5.24. The fraction of sp³-hybridized carbons (Fsp3) is 1.00. The van der Waals surface area contributed by atoms with Gasteiger partial charge in [-0.3, -0.25) is 0 Å². The number of nitrogens with one attached hydrogen (secondary N) is 1. The maximum absolute atomic E-state index is 5.81. The van der Waals surface area contributed by atoms with Gasteiger partial charge in [-0.15, -0.1) is 0 Å². The summed E-state index contributed by atoms with van der Waals surface area (Å²) in [7, 11) is 2.09. The Balaban J connectivity index is 2.41. The van der Waals surface area contributed by atoms with Crippen molar-refractivity contribution in [1.82, 2.24) is 5.32 Å². The van der Waals surface area contributed by atoms with Crippen LogP contribution < -0.4 is 5.32 Å². The molecule has 1 aliphatic carbocycles. The molecule has 120 valence electrons. The van der Waals surface area contributed by atoms with Crippen LogP contribution in [0.3, 0.4) is 0 Å². The summed E-state index contributed by atoms with van der Waals surface area (Å²) in [4.78, 5) is 0. The van der Waals surface area contributed by atoms with Crippen LogP contribution in [0.5, 0.6) is 0 Å². The van der Waals surface area contributed by atoms with Crippen LogP contribution in [-0.4, -0.2) is 26.8 Å². The van der Waals surface area contributed by atoms with Crippen LogP contribution in [0.4, 0.5) is 0 Å². The third-order valence-corrected chi connectivity index (χ3v) is 5.24. The van der Waals surface area contributed by atoms with E-state index in [2.05, 4.69) is 40.1 Å². The van der Waals surface area contributed by atoms with Crippen molar-refractivity contribution < 1.29 is 4.74 Å². The molecule has 20 heavy (non-hydrogen) atoms. The smallest absolute Gasteiger partial charge is 0.0471 e. The van der Waals surface area contributed by atoms with Crippen LogP contribution in [-0.2, 0) is 4.74 Å². The Bertz CT molecular complexity index is 249. The number of rotatable bonds is 8. The molecule has 1 rings (SSSR count). The molecule has 0 amide bonds. The molecule has 1 N–H and O–H groups in total. The highest BCUT2D eigenvalue weighted by Crippen LogP contribution is 2.46. The molecule has 0 aromatic carbocycles. The zero-order valence-electron chi connectivity index (χ0n) is 14.6. The molecule has 0 aliphatic heterocycles. The molecule has 0 aromatic rings. The first-order valence-electron chi connectivity index (χ1n) is 8.66. The molecule has 2 heteroatoms. The molecule has 0 atom stereocenters. The minimum Gasteiger partial charge on any atom is -0.381 e. The SMILES string of the molecule is CCCCOCCC1(CNC)CCC(C(C)(C)C)CC1. The normalized spacial score (nSPS) is 27.8. The van der Waals surface area contributed by atoms with Crippen LogP contribution in [0, 0.1) is 16.7 Å². The fourth-order valence-electron chi connectivity index (χ4n) is 3.62. The second-order valence-corrected chi connectivity index (χ2v) is 7.89. The summed E-state index contributed by atoms with van der Waals surface area (Å²) in [6.45, 7) is 12.5. The van der Waals surface area contributed by atoms with E-state index in [9.17, 15) is 0 Å². The monoisotopic (exact) mass is 283 g/mol. The second-order valence-electron chi connectivity index (χ2n) is 7.89. The predicted molar refractivity (Wildman–Crippen MR) is 88.1 cm³/mol. The Labute approximate surface area is 127 Å². The molecular formula is C18H37NO. The van der Waals surface area contributed by atoms with Gasteiger partial charge in [0.25, 0.3) is 0 Å². The summed E-state index contributed by atoms with van der Waals surface area (Å²) in [5.41, 5.74) is 0.964. The lowest BCUT2D eigenvalue weighted by Crippen LogP contribution is -2.39. The Hall–Kier alpha value is -0.0800. The van der Waals surface area contributed by atoms with E-state index in [1.165, 1.54) is 44.9 Å². The van der Waals surface area contributed by atoms with Gasteiger partial charge in [0.15, 0.2) is 0 Å². The van der Waals surface area contributed by atoms with Gasteiger partial charge in [0.05, 0.1) is 0 Å². The molecule has 0 spiro atoms. The van der Waals surface area contributed by atoms with E-state index in [1.54, 1.807) is 0 Å². The van der Waals surface area contributed by atoms with Gasteiger partial charge < -0.3 is 10.1 Å². The molecule has 0 aromatic heterocycles. The van der Waals surface area contributed by atoms with Gasteiger partial charge in [0, 0.05) is 19.8 Å². The Morgan fingerprint density at radius 2 is 1.80 bits per heavy atom. The van der Waals surface area contributed by atoms with Crippen molar-refractivity contribution in [3.05, 3.63) is 0 Å². The average molecular weight is 284 g/mol. The summed E-state index contributed by atoms with van der Waals surface area (Å²) in [5.74, 6) is 0.897. The molecule has 2 nitrogen and oxygen atoms in total. The van der Waals surface area contributed by atoms with E-state index < -0.39 is 0 Å². The summed E-state index contributed by atoms with van der Waals surface area (Å²) in [6.07, 6.45) is 9.18. The van der Waals surface area contributed by atoms with E-state index in [-0.39, 0.29) is 0 Å². The van der Waals surface area contributed by atoms with Gasteiger partial charge in [-0.2, -0.15) is 0 Å².